The minimum atomic E-state index is -4.38. The highest BCUT2D eigenvalue weighted by Gasteiger charge is 2.35. The summed E-state index contributed by atoms with van der Waals surface area (Å²) < 4.78 is 38.9. The molecular formula is C13H14ClF3N2O. The molecule has 1 aromatic rings. The lowest BCUT2D eigenvalue weighted by atomic mass is 10.1. The van der Waals surface area contributed by atoms with Gasteiger partial charge < -0.3 is 9.80 Å². The van der Waals surface area contributed by atoms with Gasteiger partial charge in [0, 0.05) is 31.9 Å². The lowest BCUT2D eigenvalue weighted by molar-refractivity contribution is -0.137. The molecule has 1 fully saturated rings. The summed E-state index contributed by atoms with van der Waals surface area (Å²) in [5.41, 5.74) is -0.477. The maximum Gasteiger partial charge on any atom is 0.418 e. The van der Waals surface area contributed by atoms with E-state index in [0.29, 0.717) is 26.2 Å². The fourth-order valence-electron chi connectivity index (χ4n) is 2.27. The van der Waals surface area contributed by atoms with Crippen LogP contribution in [0.5, 0.6) is 0 Å². The molecule has 3 nitrogen and oxygen atoms in total. The van der Waals surface area contributed by atoms with Gasteiger partial charge in [-0.2, -0.15) is 13.2 Å². The number of anilines is 1. The van der Waals surface area contributed by atoms with Gasteiger partial charge in [-0.15, -0.1) is 11.6 Å². The van der Waals surface area contributed by atoms with Gasteiger partial charge in [-0.05, 0) is 12.1 Å². The first-order chi connectivity index (χ1) is 9.43. The Hall–Kier alpha value is -1.43. The van der Waals surface area contributed by atoms with E-state index in [1.54, 1.807) is 15.9 Å². The van der Waals surface area contributed by atoms with E-state index in [2.05, 4.69) is 0 Å². The number of amides is 1. The Morgan fingerprint density at radius 3 is 2.30 bits per heavy atom. The Bertz CT molecular complexity index is 485. The molecule has 0 N–H and O–H groups in total. The van der Waals surface area contributed by atoms with E-state index >= 15 is 0 Å². The standard InChI is InChI=1S/C13H14ClF3N2O/c14-9-12(20)19-7-5-18(6-8-19)11-4-2-1-3-10(11)13(15,16)17/h1-4H,5-9H2. The number of nitrogens with zero attached hydrogens (tertiary/aromatic N) is 2. The zero-order chi connectivity index (χ0) is 14.8. The van der Waals surface area contributed by atoms with Gasteiger partial charge in [-0.1, -0.05) is 12.1 Å². The second kappa shape index (κ2) is 5.91. The summed E-state index contributed by atoms with van der Waals surface area (Å²) in [4.78, 5) is 14.7. The highest BCUT2D eigenvalue weighted by Crippen LogP contribution is 2.36. The molecule has 0 atom stereocenters. The van der Waals surface area contributed by atoms with Crippen molar-refractivity contribution in [2.75, 3.05) is 37.0 Å². The number of rotatable bonds is 2. The van der Waals surface area contributed by atoms with Crippen molar-refractivity contribution < 1.29 is 18.0 Å². The van der Waals surface area contributed by atoms with Crippen molar-refractivity contribution in [3.8, 4) is 0 Å². The Labute approximate surface area is 119 Å². The molecule has 0 aliphatic carbocycles. The summed E-state index contributed by atoms with van der Waals surface area (Å²) in [7, 11) is 0. The Balaban J connectivity index is 2.13. The van der Waals surface area contributed by atoms with Gasteiger partial charge in [0.2, 0.25) is 5.91 Å². The molecule has 0 radical (unpaired) electrons. The van der Waals surface area contributed by atoms with Crippen LogP contribution in [0.4, 0.5) is 18.9 Å². The van der Waals surface area contributed by atoms with Gasteiger partial charge in [-0.25, -0.2) is 0 Å². The van der Waals surface area contributed by atoms with Crippen LogP contribution in [-0.2, 0) is 11.0 Å². The molecule has 1 amide bonds. The third-order valence-electron chi connectivity index (χ3n) is 3.30. The minimum Gasteiger partial charge on any atom is -0.367 e. The van der Waals surface area contributed by atoms with E-state index in [1.807, 2.05) is 0 Å². The number of piperazine rings is 1. The molecule has 0 spiro atoms. The second-order valence-corrected chi connectivity index (χ2v) is 4.78. The van der Waals surface area contributed by atoms with Crippen LogP contribution in [0.2, 0.25) is 0 Å². The van der Waals surface area contributed by atoms with E-state index in [1.165, 1.54) is 12.1 Å². The molecular weight excluding hydrogens is 293 g/mol. The highest BCUT2D eigenvalue weighted by atomic mass is 35.5. The summed E-state index contributed by atoms with van der Waals surface area (Å²) in [6.07, 6.45) is -4.38. The van der Waals surface area contributed by atoms with E-state index in [0.717, 1.165) is 6.07 Å². The third kappa shape index (κ3) is 3.17. The highest BCUT2D eigenvalue weighted by molar-refractivity contribution is 6.27. The van der Waals surface area contributed by atoms with Crippen molar-refractivity contribution in [2.24, 2.45) is 0 Å². The molecule has 110 valence electrons. The Morgan fingerprint density at radius 2 is 1.75 bits per heavy atom. The van der Waals surface area contributed by atoms with Crippen molar-refractivity contribution in [3.63, 3.8) is 0 Å². The fraction of sp³-hybridized carbons (Fsp3) is 0.462. The monoisotopic (exact) mass is 306 g/mol. The summed E-state index contributed by atoms with van der Waals surface area (Å²) in [6, 6.07) is 5.49. The summed E-state index contributed by atoms with van der Waals surface area (Å²) in [5, 5.41) is 0. The van der Waals surface area contributed by atoms with Gasteiger partial charge in [-0.3, -0.25) is 4.79 Å². The summed E-state index contributed by atoms with van der Waals surface area (Å²) in [5.74, 6) is -0.283. The van der Waals surface area contributed by atoms with Crippen LogP contribution in [0, 0.1) is 0 Å². The molecule has 1 aliphatic heterocycles. The Kier molecular flexibility index (Phi) is 4.42. The van der Waals surface area contributed by atoms with Crippen LogP contribution in [0.3, 0.4) is 0 Å². The summed E-state index contributed by atoms with van der Waals surface area (Å²) in [6.45, 7) is 1.51. The van der Waals surface area contributed by atoms with E-state index in [4.69, 9.17) is 11.6 Å². The fourth-order valence-corrected chi connectivity index (χ4v) is 2.44. The molecule has 20 heavy (non-hydrogen) atoms. The third-order valence-corrected chi connectivity index (χ3v) is 3.53. The van der Waals surface area contributed by atoms with Crippen molar-refractivity contribution >= 4 is 23.2 Å². The van der Waals surface area contributed by atoms with Crippen molar-refractivity contribution in [1.82, 2.24) is 4.90 Å². The first-order valence-electron chi connectivity index (χ1n) is 6.18. The van der Waals surface area contributed by atoms with Crippen molar-refractivity contribution in [3.05, 3.63) is 29.8 Å². The van der Waals surface area contributed by atoms with Gasteiger partial charge in [0.1, 0.15) is 5.88 Å². The van der Waals surface area contributed by atoms with Crippen LogP contribution in [0.1, 0.15) is 5.56 Å². The predicted octanol–water partition coefficient (Wildman–Crippen LogP) is 2.59. The van der Waals surface area contributed by atoms with Crippen LogP contribution in [0.15, 0.2) is 24.3 Å². The minimum absolute atomic E-state index is 0.0981. The SMILES string of the molecule is O=C(CCl)N1CCN(c2ccccc2C(F)(F)F)CC1. The molecule has 2 rings (SSSR count). The zero-order valence-corrected chi connectivity index (χ0v) is 11.4. The van der Waals surface area contributed by atoms with Crippen LogP contribution in [-0.4, -0.2) is 42.9 Å². The maximum absolute atomic E-state index is 13.0. The molecule has 7 heteroatoms. The number of hydrogen-bond donors (Lipinski definition) is 0. The van der Waals surface area contributed by atoms with E-state index < -0.39 is 11.7 Å². The maximum atomic E-state index is 13.0. The van der Waals surface area contributed by atoms with Crippen LogP contribution in [0.25, 0.3) is 0 Å². The lowest BCUT2D eigenvalue weighted by Gasteiger charge is -2.36. The van der Waals surface area contributed by atoms with Gasteiger partial charge in [0.15, 0.2) is 0 Å². The first kappa shape index (κ1) is 15.0. The molecule has 0 saturated carbocycles. The van der Waals surface area contributed by atoms with E-state index in [9.17, 15) is 18.0 Å². The first-order valence-corrected chi connectivity index (χ1v) is 6.72. The number of benzene rings is 1. The number of hydrogen-bond acceptors (Lipinski definition) is 2. The number of carbonyl (C=O) groups excluding carboxylic acids is 1. The Morgan fingerprint density at radius 1 is 1.15 bits per heavy atom. The molecule has 0 unspecified atom stereocenters. The number of para-hydroxylation sites is 1. The number of halogens is 4. The quantitative estimate of drug-likeness (QED) is 0.784. The molecule has 1 aliphatic rings. The van der Waals surface area contributed by atoms with Crippen molar-refractivity contribution in [1.29, 1.82) is 0 Å². The predicted molar refractivity (Wildman–Crippen MR) is 71.0 cm³/mol. The van der Waals surface area contributed by atoms with Crippen LogP contribution >= 0.6 is 11.6 Å². The average molecular weight is 307 g/mol. The van der Waals surface area contributed by atoms with Gasteiger partial charge in [0.05, 0.1) is 5.56 Å². The number of alkyl halides is 4. The molecule has 0 bridgehead atoms. The van der Waals surface area contributed by atoms with Crippen LogP contribution < -0.4 is 4.90 Å². The smallest absolute Gasteiger partial charge is 0.367 e. The largest absolute Gasteiger partial charge is 0.418 e. The number of carbonyl (C=O) groups is 1. The topological polar surface area (TPSA) is 23.6 Å². The zero-order valence-electron chi connectivity index (χ0n) is 10.7. The molecule has 1 aromatic carbocycles. The molecule has 1 saturated heterocycles. The van der Waals surface area contributed by atoms with Gasteiger partial charge in [0.25, 0.3) is 0 Å². The van der Waals surface area contributed by atoms with Gasteiger partial charge >= 0.3 is 6.18 Å². The molecule has 0 aromatic heterocycles. The summed E-state index contributed by atoms with van der Waals surface area (Å²) >= 11 is 5.47. The normalized spacial score (nSPS) is 16.4. The lowest BCUT2D eigenvalue weighted by Crippen LogP contribution is -2.49. The van der Waals surface area contributed by atoms with E-state index in [-0.39, 0.29) is 17.5 Å². The average Bonchev–Trinajstić information content (AvgIpc) is 2.46. The second-order valence-electron chi connectivity index (χ2n) is 4.52. The molecule has 1 heterocycles. The van der Waals surface area contributed by atoms with Crippen molar-refractivity contribution in [2.45, 2.75) is 6.18 Å².